The Balaban J connectivity index is 1.62. The molecule has 2 aromatic heterocycles. The van der Waals surface area contributed by atoms with Crippen LogP contribution in [0, 0.1) is 0 Å². The molecule has 2 fully saturated rings. The Hall–Kier alpha value is -1.88. The topological polar surface area (TPSA) is 60.0 Å². The van der Waals surface area contributed by atoms with E-state index in [1.807, 2.05) is 24.7 Å². The smallest absolute Gasteiger partial charge is 0.123 e. The van der Waals surface area contributed by atoms with Crippen molar-refractivity contribution in [2.24, 2.45) is 0 Å². The summed E-state index contributed by atoms with van der Waals surface area (Å²) in [5.74, 6) is 0.557. The van der Waals surface area contributed by atoms with E-state index in [9.17, 15) is 0 Å². The number of aromatic nitrogens is 3. The lowest BCUT2D eigenvalue weighted by atomic mass is 10.1. The van der Waals surface area contributed by atoms with Crippen molar-refractivity contribution in [3.05, 3.63) is 30.9 Å². The average Bonchev–Trinajstić information content (AvgIpc) is 3.01. The fraction of sp³-hybridized carbons (Fsp3) is 0.467. The van der Waals surface area contributed by atoms with E-state index in [-0.39, 0.29) is 0 Å². The molecule has 2 N–H and O–H groups in total. The van der Waals surface area contributed by atoms with Crippen LogP contribution in [-0.2, 0) is 0 Å². The molecule has 20 heavy (non-hydrogen) atoms. The van der Waals surface area contributed by atoms with E-state index < -0.39 is 0 Å². The molecule has 5 heteroatoms. The Labute approximate surface area is 118 Å². The fourth-order valence-electron chi connectivity index (χ4n) is 3.19. The zero-order chi connectivity index (χ0) is 13.5. The second-order valence-corrected chi connectivity index (χ2v) is 5.82. The number of nitrogens with two attached hydrogens (primary N) is 1. The first kappa shape index (κ1) is 11.9. The maximum Gasteiger partial charge on any atom is 0.123 e. The van der Waals surface area contributed by atoms with Gasteiger partial charge in [0.05, 0.1) is 18.2 Å². The molecule has 0 aromatic carbocycles. The lowest BCUT2D eigenvalue weighted by Crippen LogP contribution is -2.23. The summed E-state index contributed by atoms with van der Waals surface area (Å²) in [6.07, 6.45) is 9.60. The predicted molar refractivity (Wildman–Crippen MR) is 78.1 cm³/mol. The van der Waals surface area contributed by atoms with Crippen LogP contribution in [0.1, 0.15) is 25.3 Å². The molecule has 1 atom stereocenters. The van der Waals surface area contributed by atoms with E-state index in [4.69, 9.17) is 5.73 Å². The molecule has 5 nitrogen and oxygen atoms in total. The van der Waals surface area contributed by atoms with Crippen molar-refractivity contribution in [3.8, 4) is 11.3 Å². The van der Waals surface area contributed by atoms with Crippen LogP contribution in [-0.4, -0.2) is 38.6 Å². The minimum absolute atomic E-state index is 0.530. The number of nitrogen functional groups attached to an aromatic ring is 1. The number of pyridine rings is 1. The van der Waals surface area contributed by atoms with Crippen LogP contribution in [0.15, 0.2) is 30.9 Å². The highest BCUT2D eigenvalue weighted by Gasteiger charge is 2.35. The minimum Gasteiger partial charge on any atom is -0.384 e. The highest BCUT2D eigenvalue weighted by atomic mass is 15.2. The normalized spacial score (nSPS) is 23.3. The number of hydrogen-bond acceptors (Lipinski definition) is 4. The molecule has 1 saturated heterocycles. The molecule has 1 aliphatic carbocycles. The van der Waals surface area contributed by atoms with Gasteiger partial charge in [-0.2, -0.15) is 0 Å². The second kappa shape index (κ2) is 4.59. The van der Waals surface area contributed by atoms with E-state index in [0.29, 0.717) is 11.9 Å². The van der Waals surface area contributed by atoms with Crippen molar-refractivity contribution in [3.63, 3.8) is 0 Å². The molecule has 0 spiro atoms. The highest BCUT2D eigenvalue weighted by molar-refractivity contribution is 5.61. The predicted octanol–water partition coefficient (Wildman–Crippen LogP) is 1.94. The number of nitrogens with zero attached hydrogens (tertiary/aromatic N) is 4. The molecule has 104 valence electrons. The van der Waals surface area contributed by atoms with Crippen molar-refractivity contribution in [2.75, 3.05) is 18.8 Å². The summed E-state index contributed by atoms with van der Waals surface area (Å²) in [4.78, 5) is 11.0. The third-order valence-corrected chi connectivity index (χ3v) is 4.39. The van der Waals surface area contributed by atoms with Gasteiger partial charge in [0.25, 0.3) is 0 Å². The van der Waals surface area contributed by atoms with E-state index >= 15 is 0 Å². The summed E-state index contributed by atoms with van der Waals surface area (Å²) < 4.78 is 2.30. The van der Waals surface area contributed by atoms with Crippen LogP contribution in [0.25, 0.3) is 11.3 Å². The van der Waals surface area contributed by atoms with Crippen LogP contribution in [0.2, 0.25) is 0 Å². The standard InChI is InChI=1S/C15H19N5/c16-15-7-11(3-5-18-15)14-8-17-10-20(14)13-4-6-19(9-13)12-1-2-12/h3,5,7-8,10,12-13H,1-2,4,6,9H2,(H2,16,18). The van der Waals surface area contributed by atoms with Crippen LogP contribution in [0.4, 0.5) is 5.82 Å². The lowest BCUT2D eigenvalue weighted by Gasteiger charge is -2.17. The van der Waals surface area contributed by atoms with Gasteiger partial charge in [-0.05, 0) is 31.4 Å². The maximum atomic E-state index is 5.79. The molecule has 0 radical (unpaired) electrons. The molecule has 1 unspecified atom stereocenters. The van der Waals surface area contributed by atoms with E-state index in [2.05, 4.69) is 19.4 Å². The first-order valence-corrected chi connectivity index (χ1v) is 7.29. The zero-order valence-corrected chi connectivity index (χ0v) is 11.4. The van der Waals surface area contributed by atoms with Crippen molar-refractivity contribution < 1.29 is 0 Å². The van der Waals surface area contributed by atoms with Crippen molar-refractivity contribution in [1.82, 2.24) is 19.4 Å². The molecule has 1 saturated carbocycles. The monoisotopic (exact) mass is 269 g/mol. The number of imidazole rings is 1. The largest absolute Gasteiger partial charge is 0.384 e. The van der Waals surface area contributed by atoms with Crippen molar-refractivity contribution >= 4 is 5.82 Å². The number of rotatable bonds is 3. The fourth-order valence-corrected chi connectivity index (χ4v) is 3.19. The molecule has 4 rings (SSSR count). The summed E-state index contributed by atoms with van der Waals surface area (Å²) in [7, 11) is 0. The lowest BCUT2D eigenvalue weighted by molar-refractivity contribution is 0.314. The molecule has 2 aromatic rings. The molecular weight excluding hydrogens is 250 g/mol. The molecule has 0 amide bonds. The van der Waals surface area contributed by atoms with E-state index in [0.717, 1.165) is 23.8 Å². The van der Waals surface area contributed by atoms with Crippen LogP contribution >= 0.6 is 0 Å². The minimum atomic E-state index is 0.530. The Morgan fingerprint density at radius 1 is 1.20 bits per heavy atom. The number of anilines is 1. The second-order valence-electron chi connectivity index (χ2n) is 5.82. The van der Waals surface area contributed by atoms with Gasteiger partial charge in [-0.15, -0.1) is 0 Å². The summed E-state index contributed by atoms with van der Waals surface area (Å²) >= 11 is 0. The molecule has 2 aliphatic rings. The van der Waals surface area contributed by atoms with Crippen LogP contribution in [0.5, 0.6) is 0 Å². The van der Waals surface area contributed by atoms with Gasteiger partial charge in [0, 0.05) is 36.9 Å². The Kier molecular flexibility index (Phi) is 2.73. The van der Waals surface area contributed by atoms with Gasteiger partial charge in [-0.1, -0.05) is 0 Å². The number of hydrogen-bond donors (Lipinski definition) is 1. The third kappa shape index (κ3) is 2.08. The van der Waals surface area contributed by atoms with Crippen molar-refractivity contribution in [1.29, 1.82) is 0 Å². The van der Waals surface area contributed by atoms with Gasteiger partial charge < -0.3 is 10.3 Å². The average molecular weight is 269 g/mol. The Bertz CT molecular complexity index is 616. The van der Waals surface area contributed by atoms with Gasteiger partial charge >= 0.3 is 0 Å². The van der Waals surface area contributed by atoms with Gasteiger partial charge in [-0.25, -0.2) is 9.97 Å². The molecular formula is C15H19N5. The third-order valence-electron chi connectivity index (χ3n) is 4.39. The summed E-state index contributed by atoms with van der Waals surface area (Å²) in [6, 6.07) is 5.30. The zero-order valence-electron chi connectivity index (χ0n) is 11.4. The number of likely N-dealkylation sites (tertiary alicyclic amines) is 1. The highest BCUT2D eigenvalue weighted by Crippen LogP contribution is 2.35. The first-order valence-electron chi connectivity index (χ1n) is 7.29. The maximum absolute atomic E-state index is 5.79. The molecule has 3 heterocycles. The summed E-state index contributed by atoms with van der Waals surface area (Å²) in [5.41, 5.74) is 8.03. The van der Waals surface area contributed by atoms with Crippen LogP contribution in [0.3, 0.4) is 0 Å². The van der Waals surface area contributed by atoms with E-state index in [1.165, 1.54) is 25.8 Å². The van der Waals surface area contributed by atoms with Crippen molar-refractivity contribution in [2.45, 2.75) is 31.3 Å². The van der Waals surface area contributed by atoms with Gasteiger partial charge in [0.1, 0.15) is 5.82 Å². The first-order chi connectivity index (χ1) is 9.81. The SMILES string of the molecule is Nc1cc(-c2cncn2C2CCN(C3CC3)C2)ccn1. The molecule has 0 bridgehead atoms. The Morgan fingerprint density at radius 3 is 2.90 bits per heavy atom. The van der Waals surface area contributed by atoms with Gasteiger partial charge in [0.2, 0.25) is 0 Å². The Morgan fingerprint density at radius 2 is 2.10 bits per heavy atom. The van der Waals surface area contributed by atoms with E-state index in [1.54, 1.807) is 6.20 Å². The van der Waals surface area contributed by atoms with Crippen LogP contribution < -0.4 is 5.73 Å². The summed E-state index contributed by atoms with van der Waals surface area (Å²) in [5, 5.41) is 0. The van der Waals surface area contributed by atoms with Gasteiger partial charge in [-0.3, -0.25) is 4.90 Å². The van der Waals surface area contributed by atoms with Gasteiger partial charge in [0.15, 0.2) is 0 Å². The quantitative estimate of drug-likeness (QED) is 0.925. The summed E-state index contributed by atoms with van der Waals surface area (Å²) in [6.45, 7) is 2.36. The molecule has 1 aliphatic heterocycles.